The van der Waals surface area contributed by atoms with Crippen LogP contribution in [0.5, 0.6) is 0 Å². The molecule has 110 valence electrons. The van der Waals surface area contributed by atoms with E-state index in [4.69, 9.17) is 0 Å². The van der Waals surface area contributed by atoms with Crippen LogP contribution in [0.3, 0.4) is 0 Å². The second kappa shape index (κ2) is 6.72. The van der Waals surface area contributed by atoms with Gasteiger partial charge >= 0.3 is 0 Å². The van der Waals surface area contributed by atoms with E-state index in [-0.39, 0.29) is 11.6 Å². The summed E-state index contributed by atoms with van der Waals surface area (Å²) >= 11 is 0. The van der Waals surface area contributed by atoms with Gasteiger partial charge in [0.2, 0.25) is 5.91 Å². The van der Waals surface area contributed by atoms with E-state index in [9.17, 15) is 4.79 Å². The number of hydrogen-bond donors (Lipinski definition) is 1. The van der Waals surface area contributed by atoms with Crippen LogP contribution in [0.1, 0.15) is 12.5 Å². The molecule has 0 saturated carbocycles. The van der Waals surface area contributed by atoms with Crippen molar-refractivity contribution >= 4 is 19.2 Å². The molecule has 0 spiro atoms. The van der Waals surface area contributed by atoms with Crippen molar-refractivity contribution < 1.29 is 4.79 Å². The lowest BCUT2D eigenvalue weighted by molar-refractivity contribution is -0.120. The van der Waals surface area contributed by atoms with E-state index in [1.165, 1.54) is 5.19 Å². The highest BCUT2D eigenvalue weighted by molar-refractivity contribution is 6.91. The van der Waals surface area contributed by atoms with Crippen molar-refractivity contribution in [2.24, 2.45) is 0 Å². The van der Waals surface area contributed by atoms with E-state index in [1.807, 2.05) is 36.4 Å². The first-order chi connectivity index (χ1) is 10.00. The highest BCUT2D eigenvalue weighted by Gasteiger charge is 2.31. The highest BCUT2D eigenvalue weighted by atomic mass is 28.3. The predicted octanol–water partition coefficient (Wildman–Crippen LogP) is 2.89. The summed E-state index contributed by atoms with van der Waals surface area (Å²) < 4.78 is 0. The van der Waals surface area contributed by atoms with Crippen molar-refractivity contribution in [1.29, 1.82) is 0 Å². The van der Waals surface area contributed by atoms with Crippen LogP contribution in [-0.4, -0.2) is 19.6 Å². The van der Waals surface area contributed by atoms with Crippen LogP contribution in [0.2, 0.25) is 13.1 Å². The summed E-state index contributed by atoms with van der Waals surface area (Å²) in [5, 5.41) is 4.56. The number of rotatable bonds is 5. The Hall–Kier alpha value is -1.87. The van der Waals surface area contributed by atoms with Crippen LogP contribution < -0.4 is 10.5 Å². The fourth-order valence-electron chi connectivity index (χ4n) is 2.37. The summed E-state index contributed by atoms with van der Waals surface area (Å²) in [6.07, 6.45) is 0.449. The van der Waals surface area contributed by atoms with Crippen molar-refractivity contribution in [2.45, 2.75) is 32.1 Å². The van der Waals surface area contributed by atoms with E-state index in [0.29, 0.717) is 6.42 Å². The van der Waals surface area contributed by atoms with Gasteiger partial charge in [0.05, 0.1) is 6.42 Å². The summed E-state index contributed by atoms with van der Waals surface area (Å²) in [7, 11) is -1.69. The minimum absolute atomic E-state index is 0.102. The zero-order valence-corrected chi connectivity index (χ0v) is 14.0. The monoisotopic (exact) mass is 297 g/mol. The van der Waals surface area contributed by atoms with Gasteiger partial charge in [-0.2, -0.15) is 0 Å². The second-order valence-corrected chi connectivity index (χ2v) is 10.9. The van der Waals surface area contributed by atoms with Gasteiger partial charge < -0.3 is 5.32 Å². The van der Waals surface area contributed by atoms with E-state index in [0.717, 1.165) is 5.56 Å². The molecule has 0 heterocycles. The largest absolute Gasteiger partial charge is 0.356 e. The molecule has 2 aromatic carbocycles. The van der Waals surface area contributed by atoms with E-state index in [1.54, 1.807) is 0 Å². The van der Waals surface area contributed by atoms with Crippen molar-refractivity contribution in [2.75, 3.05) is 0 Å². The summed E-state index contributed by atoms with van der Waals surface area (Å²) in [6.45, 7) is 6.73. The predicted molar refractivity (Wildman–Crippen MR) is 91.3 cm³/mol. The Morgan fingerprint density at radius 2 is 1.52 bits per heavy atom. The minimum atomic E-state index is -1.69. The number of carbonyl (C=O) groups is 1. The Labute approximate surface area is 128 Å². The fraction of sp³-hybridized carbons (Fsp3) is 0.278. The molecule has 0 saturated heterocycles. The first-order valence-electron chi connectivity index (χ1n) is 7.39. The van der Waals surface area contributed by atoms with Gasteiger partial charge in [-0.25, -0.2) is 0 Å². The highest BCUT2D eigenvalue weighted by Crippen LogP contribution is 2.09. The fourth-order valence-corrected chi connectivity index (χ4v) is 4.45. The number of carbonyl (C=O) groups excluding carboxylic acids is 1. The van der Waals surface area contributed by atoms with Crippen molar-refractivity contribution in [3.05, 3.63) is 66.2 Å². The quantitative estimate of drug-likeness (QED) is 0.845. The topological polar surface area (TPSA) is 29.1 Å². The molecule has 2 rings (SSSR count). The number of hydrogen-bond acceptors (Lipinski definition) is 1. The third-order valence-corrected chi connectivity index (χ3v) is 8.32. The van der Waals surface area contributed by atoms with Gasteiger partial charge in [-0.3, -0.25) is 4.79 Å². The maximum atomic E-state index is 12.2. The van der Waals surface area contributed by atoms with Gasteiger partial charge in [0.1, 0.15) is 8.07 Å². The van der Waals surface area contributed by atoms with Crippen LogP contribution in [0, 0.1) is 0 Å². The molecule has 1 N–H and O–H groups in total. The summed E-state index contributed by atoms with van der Waals surface area (Å²) in [5.74, 6) is 0.102. The zero-order valence-electron chi connectivity index (χ0n) is 13.0. The molecular weight excluding hydrogens is 274 g/mol. The van der Waals surface area contributed by atoms with Crippen molar-refractivity contribution in [3.63, 3.8) is 0 Å². The minimum Gasteiger partial charge on any atom is -0.356 e. The molecular formula is C18H23NOSi. The van der Waals surface area contributed by atoms with E-state index in [2.05, 4.69) is 49.6 Å². The zero-order chi connectivity index (χ0) is 15.3. The molecule has 1 unspecified atom stereocenters. The molecule has 1 amide bonds. The van der Waals surface area contributed by atoms with Crippen LogP contribution in [0.4, 0.5) is 0 Å². The average molecular weight is 297 g/mol. The molecule has 0 radical (unpaired) electrons. The van der Waals surface area contributed by atoms with Crippen LogP contribution in [-0.2, 0) is 11.2 Å². The molecule has 0 bridgehead atoms. The molecule has 0 aromatic heterocycles. The Balaban J connectivity index is 2.00. The second-order valence-electron chi connectivity index (χ2n) is 6.04. The third-order valence-electron chi connectivity index (χ3n) is 4.19. The molecule has 0 aliphatic heterocycles. The first-order valence-corrected chi connectivity index (χ1v) is 10.5. The maximum absolute atomic E-state index is 12.2. The summed E-state index contributed by atoms with van der Waals surface area (Å²) in [4.78, 5) is 12.2. The molecule has 0 aliphatic rings. The van der Waals surface area contributed by atoms with Gasteiger partial charge in [-0.05, 0) is 12.5 Å². The lowest BCUT2D eigenvalue weighted by atomic mass is 10.1. The Kier molecular flexibility index (Phi) is 4.97. The van der Waals surface area contributed by atoms with Gasteiger partial charge in [-0.1, -0.05) is 78.9 Å². The van der Waals surface area contributed by atoms with Gasteiger partial charge in [-0.15, -0.1) is 0 Å². The van der Waals surface area contributed by atoms with Gasteiger partial charge in [0, 0.05) is 5.67 Å². The first kappa shape index (κ1) is 15.5. The number of benzene rings is 2. The normalized spacial score (nSPS) is 12.7. The van der Waals surface area contributed by atoms with Gasteiger partial charge in [0.25, 0.3) is 0 Å². The Bertz CT molecular complexity index is 581. The molecule has 3 heteroatoms. The maximum Gasteiger partial charge on any atom is 0.224 e. The van der Waals surface area contributed by atoms with E-state index < -0.39 is 8.07 Å². The average Bonchev–Trinajstić information content (AvgIpc) is 2.49. The number of nitrogens with one attached hydrogen (secondary N) is 1. The van der Waals surface area contributed by atoms with E-state index >= 15 is 0 Å². The third kappa shape index (κ3) is 4.05. The standard InChI is InChI=1S/C18H23NOSi/c1-15(21(2,3)17-12-8-5-9-13-17)19-18(20)14-16-10-6-4-7-11-16/h4-13,15H,14H2,1-3H3,(H,19,20). The lowest BCUT2D eigenvalue weighted by Crippen LogP contribution is -2.58. The van der Waals surface area contributed by atoms with Crippen LogP contribution in [0.15, 0.2) is 60.7 Å². The Morgan fingerprint density at radius 3 is 2.10 bits per heavy atom. The SMILES string of the molecule is CC(NC(=O)Cc1ccccc1)[Si](C)(C)c1ccccc1. The molecule has 1 atom stereocenters. The van der Waals surface area contributed by atoms with Gasteiger partial charge in [0.15, 0.2) is 0 Å². The van der Waals surface area contributed by atoms with Crippen molar-refractivity contribution in [1.82, 2.24) is 5.32 Å². The molecule has 0 fully saturated rings. The van der Waals surface area contributed by atoms with Crippen LogP contribution in [0.25, 0.3) is 0 Å². The molecule has 21 heavy (non-hydrogen) atoms. The molecule has 2 aromatic rings. The van der Waals surface area contributed by atoms with Crippen LogP contribution >= 0.6 is 0 Å². The number of amides is 1. The Morgan fingerprint density at radius 1 is 1.00 bits per heavy atom. The lowest BCUT2D eigenvalue weighted by Gasteiger charge is -2.31. The molecule has 2 nitrogen and oxygen atoms in total. The van der Waals surface area contributed by atoms with Crippen molar-refractivity contribution in [3.8, 4) is 0 Å². The summed E-state index contributed by atoms with van der Waals surface area (Å²) in [6, 6.07) is 20.4. The smallest absolute Gasteiger partial charge is 0.224 e. The molecule has 0 aliphatic carbocycles. The summed E-state index contributed by atoms with van der Waals surface area (Å²) in [5.41, 5.74) is 1.26.